The number of hydrogen-bond acceptors (Lipinski definition) is 5. The molecule has 4 aromatic rings. The summed E-state index contributed by atoms with van der Waals surface area (Å²) in [6.07, 6.45) is 1.57. The van der Waals surface area contributed by atoms with Crippen LogP contribution >= 0.6 is 23.4 Å². The van der Waals surface area contributed by atoms with E-state index in [0.29, 0.717) is 11.6 Å². The Kier molecular flexibility index (Phi) is 4.63. The molecule has 124 valence electrons. The molecule has 0 fully saturated rings. The average molecular weight is 368 g/mol. The van der Waals surface area contributed by atoms with Gasteiger partial charge in [-0.2, -0.15) is 0 Å². The van der Waals surface area contributed by atoms with Crippen molar-refractivity contribution in [2.75, 3.05) is 0 Å². The highest BCUT2D eigenvalue weighted by molar-refractivity contribution is 7.98. The second-order valence-corrected chi connectivity index (χ2v) is 6.90. The standard InChI is InChI=1S/C18H14ClN5S/c19-15-8-6-13(7-9-15)10-24-17-16(22-23-24)18(21-12-20-17)25-11-14-4-2-1-3-5-14/h1-9,12H,10-11H2. The Balaban J connectivity index is 1.58. The third kappa shape index (κ3) is 3.65. The van der Waals surface area contributed by atoms with Crippen LogP contribution < -0.4 is 0 Å². The maximum Gasteiger partial charge on any atom is 0.183 e. The molecular weight excluding hydrogens is 354 g/mol. The van der Waals surface area contributed by atoms with Gasteiger partial charge in [-0.3, -0.25) is 0 Å². The van der Waals surface area contributed by atoms with Crippen molar-refractivity contribution in [1.82, 2.24) is 25.0 Å². The fourth-order valence-electron chi connectivity index (χ4n) is 2.47. The fourth-order valence-corrected chi connectivity index (χ4v) is 3.48. The summed E-state index contributed by atoms with van der Waals surface area (Å²) in [4.78, 5) is 8.73. The zero-order chi connectivity index (χ0) is 17.1. The van der Waals surface area contributed by atoms with Crippen molar-refractivity contribution in [3.05, 3.63) is 77.1 Å². The molecule has 0 bridgehead atoms. The van der Waals surface area contributed by atoms with Gasteiger partial charge < -0.3 is 0 Å². The molecule has 0 aliphatic carbocycles. The van der Waals surface area contributed by atoms with Gasteiger partial charge in [0.2, 0.25) is 0 Å². The molecule has 0 saturated heterocycles. The van der Waals surface area contributed by atoms with E-state index in [4.69, 9.17) is 11.6 Å². The Morgan fingerprint density at radius 3 is 2.52 bits per heavy atom. The molecule has 0 saturated carbocycles. The van der Waals surface area contributed by atoms with E-state index in [1.54, 1.807) is 22.8 Å². The first-order valence-electron chi connectivity index (χ1n) is 7.75. The second-order valence-electron chi connectivity index (χ2n) is 5.50. The summed E-state index contributed by atoms with van der Waals surface area (Å²) >= 11 is 7.58. The van der Waals surface area contributed by atoms with E-state index < -0.39 is 0 Å². The highest BCUT2D eigenvalue weighted by Crippen LogP contribution is 2.26. The van der Waals surface area contributed by atoms with Crippen molar-refractivity contribution in [2.45, 2.75) is 17.3 Å². The average Bonchev–Trinajstić information content (AvgIpc) is 3.06. The molecule has 5 nitrogen and oxygen atoms in total. The quantitative estimate of drug-likeness (QED) is 0.390. The van der Waals surface area contributed by atoms with Crippen LogP contribution in [0.4, 0.5) is 0 Å². The number of nitrogens with zero attached hydrogens (tertiary/aromatic N) is 5. The van der Waals surface area contributed by atoms with Crippen molar-refractivity contribution in [3.8, 4) is 0 Å². The highest BCUT2D eigenvalue weighted by atomic mass is 35.5. The predicted octanol–water partition coefficient (Wildman–Crippen LogP) is 4.22. The molecule has 0 radical (unpaired) electrons. The number of halogens is 1. The van der Waals surface area contributed by atoms with Gasteiger partial charge in [-0.15, -0.1) is 5.10 Å². The van der Waals surface area contributed by atoms with Gasteiger partial charge in [0.25, 0.3) is 0 Å². The number of hydrogen-bond donors (Lipinski definition) is 0. The molecular formula is C18H14ClN5S. The summed E-state index contributed by atoms with van der Waals surface area (Å²) < 4.78 is 1.78. The van der Waals surface area contributed by atoms with Gasteiger partial charge in [0.05, 0.1) is 6.54 Å². The monoisotopic (exact) mass is 367 g/mol. The van der Waals surface area contributed by atoms with Crippen LogP contribution in [-0.2, 0) is 12.3 Å². The first kappa shape index (κ1) is 16.1. The summed E-state index contributed by atoms with van der Waals surface area (Å²) in [6, 6.07) is 18.0. The molecule has 2 aromatic carbocycles. The van der Waals surface area contributed by atoms with Crippen LogP contribution in [0.1, 0.15) is 11.1 Å². The van der Waals surface area contributed by atoms with E-state index in [1.165, 1.54) is 5.56 Å². The molecule has 0 aliphatic heterocycles. The van der Waals surface area contributed by atoms with Crippen molar-refractivity contribution < 1.29 is 0 Å². The lowest BCUT2D eigenvalue weighted by Gasteiger charge is -2.03. The lowest BCUT2D eigenvalue weighted by molar-refractivity contribution is 0.664. The topological polar surface area (TPSA) is 56.5 Å². The van der Waals surface area contributed by atoms with Crippen molar-refractivity contribution in [1.29, 1.82) is 0 Å². The molecule has 4 rings (SSSR count). The molecule has 0 spiro atoms. The lowest BCUT2D eigenvalue weighted by Crippen LogP contribution is -2.03. The van der Waals surface area contributed by atoms with E-state index >= 15 is 0 Å². The van der Waals surface area contributed by atoms with Crippen LogP contribution in [0.3, 0.4) is 0 Å². The van der Waals surface area contributed by atoms with E-state index in [2.05, 4.69) is 32.4 Å². The molecule has 0 unspecified atom stereocenters. The summed E-state index contributed by atoms with van der Waals surface area (Å²) in [7, 11) is 0. The maximum atomic E-state index is 5.94. The minimum absolute atomic E-state index is 0.591. The van der Waals surface area contributed by atoms with Crippen LogP contribution in [0, 0.1) is 0 Å². The van der Waals surface area contributed by atoms with Crippen molar-refractivity contribution >= 4 is 34.5 Å². The maximum absolute atomic E-state index is 5.94. The predicted molar refractivity (Wildman–Crippen MR) is 99.7 cm³/mol. The lowest BCUT2D eigenvalue weighted by atomic mass is 10.2. The van der Waals surface area contributed by atoms with Gasteiger partial charge in [0.1, 0.15) is 11.4 Å². The van der Waals surface area contributed by atoms with Gasteiger partial charge in [-0.1, -0.05) is 71.0 Å². The van der Waals surface area contributed by atoms with E-state index in [9.17, 15) is 0 Å². The molecule has 0 aliphatic rings. The number of thioether (sulfide) groups is 1. The summed E-state index contributed by atoms with van der Waals surface area (Å²) in [5.74, 6) is 0.830. The first-order valence-corrected chi connectivity index (χ1v) is 9.11. The van der Waals surface area contributed by atoms with Crippen molar-refractivity contribution in [3.63, 3.8) is 0 Å². The van der Waals surface area contributed by atoms with Crippen LogP contribution in [0.15, 0.2) is 66.0 Å². The van der Waals surface area contributed by atoms with Crippen LogP contribution in [0.2, 0.25) is 5.02 Å². The molecule has 7 heteroatoms. The van der Waals surface area contributed by atoms with Crippen LogP contribution in [0.25, 0.3) is 11.2 Å². The fraction of sp³-hybridized carbons (Fsp3) is 0.111. The van der Waals surface area contributed by atoms with Gasteiger partial charge >= 0.3 is 0 Å². The molecule has 0 amide bonds. The Bertz CT molecular complexity index is 985. The SMILES string of the molecule is Clc1ccc(Cn2nnc3c(SCc4ccccc4)ncnc32)cc1. The summed E-state index contributed by atoms with van der Waals surface area (Å²) in [5.41, 5.74) is 3.80. The normalized spacial score (nSPS) is 11.1. The van der Waals surface area contributed by atoms with E-state index in [-0.39, 0.29) is 0 Å². The van der Waals surface area contributed by atoms with Gasteiger partial charge in [-0.05, 0) is 23.3 Å². The zero-order valence-electron chi connectivity index (χ0n) is 13.2. The largest absolute Gasteiger partial charge is 0.227 e. The van der Waals surface area contributed by atoms with E-state index in [1.807, 2.05) is 42.5 Å². The third-order valence-corrected chi connectivity index (χ3v) is 5.03. The second kappa shape index (κ2) is 7.21. The van der Waals surface area contributed by atoms with Crippen LogP contribution in [0.5, 0.6) is 0 Å². The van der Waals surface area contributed by atoms with Crippen LogP contribution in [-0.4, -0.2) is 25.0 Å². The van der Waals surface area contributed by atoms with Gasteiger partial charge in [0.15, 0.2) is 11.2 Å². The van der Waals surface area contributed by atoms with Crippen molar-refractivity contribution in [2.24, 2.45) is 0 Å². The number of rotatable bonds is 5. The Morgan fingerprint density at radius 1 is 0.920 bits per heavy atom. The van der Waals surface area contributed by atoms with E-state index in [0.717, 1.165) is 27.5 Å². The zero-order valence-corrected chi connectivity index (χ0v) is 14.8. The number of fused-ring (bicyclic) bond motifs is 1. The summed E-state index contributed by atoms with van der Waals surface area (Å²) in [6.45, 7) is 0.591. The number of benzene rings is 2. The molecule has 0 atom stereocenters. The molecule has 0 N–H and O–H groups in total. The van der Waals surface area contributed by atoms with Gasteiger partial charge in [-0.25, -0.2) is 14.6 Å². The highest BCUT2D eigenvalue weighted by Gasteiger charge is 2.12. The summed E-state index contributed by atoms with van der Waals surface area (Å²) in [5, 5.41) is 10.1. The Hall–Kier alpha value is -2.44. The minimum atomic E-state index is 0.591. The molecule has 25 heavy (non-hydrogen) atoms. The van der Waals surface area contributed by atoms with Gasteiger partial charge in [0, 0.05) is 10.8 Å². The Morgan fingerprint density at radius 2 is 1.72 bits per heavy atom. The molecule has 2 aromatic heterocycles. The number of aromatic nitrogens is 5. The first-order chi connectivity index (χ1) is 12.3. The smallest absolute Gasteiger partial charge is 0.183 e. The molecule has 2 heterocycles. The third-order valence-electron chi connectivity index (χ3n) is 3.73. The Labute approximate surface area is 154 Å². The minimum Gasteiger partial charge on any atom is -0.227 e.